The predicted octanol–water partition coefficient (Wildman–Crippen LogP) is 3.39. The maximum absolute atomic E-state index is 12.8. The molecule has 0 saturated heterocycles. The number of carbonyl (C=O) groups excluding carboxylic acids is 1. The largest absolute Gasteiger partial charge is 0.480 e. The lowest BCUT2D eigenvalue weighted by Gasteiger charge is -2.18. The zero-order valence-electron chi connectivity index (χ0n) is 14.3. The van der Waals surface area contributed by atoms with E-state index in [0.29, 0.717) is 21.6 Å². The van der Waals surface area contributed by atoms with Gasteiger partial charge in [-0.05, 0) is 25.0 Å². The van der Waals surface area contributed by atoms with Crippen LogP contribution in [0.25, 0.3) is 5.69 Å². The molecule has 26 heavy (non-hydrogen) atoms. The smallest absolute Gasteiger partial charge is 0.323 e. The predicted molar refractivity (Wildman–Crippen MR) is 97.2 cm³/mol. The van der Waals surface area contributed by atoms with Gasteiger partial charge in [0.25, 0.3) is 5.91 Å². The van der Waals surface area contributed by atoms with Gasteiger partial charge in [0.1, 0.15) is 18.1 Å². The van der Waals surface area contributed by atoms with Crippen LogP contribution in [0.1, 0.15) is 49.1 Å². The Bertz CT molecular complexity index is 841. The molecule has 1 fully saturated rings. The van der Waals surface area contributed by atoms with Gasteiger partial charge >= 0.3 is 5.97 Å². The van der Waals surface area contributed by atoms with Gasteiger partial charge in [-0.3, -0.25) is 9.59 Å². The van der Waals surface area contributed by atoms with Crippen molar-refractivity contribution in [2.75, 3.05) is 6.54 Å². The molecule has 1 heterocycles. The molecule has 9 heteroatoms. The van der Waals surface area contributed by atoms with Crippen LogP contribution in [0, 0.1) is 0 Å². The van der Waals surface area contributed by atoms with Crippen molar-refractivity contribution in [3.63, 3.8) is 0 Å². The van der Waals surface area contributed by atoms with Crippen molar-refractivity contribution in [1.82, 2.24) is 19.7 Å². The van der Waals surface area contributed by atoms with Crippen LogP contribution in [-0.2, 0) is 4.79 Å². The summed E-state index contributed by atoms with van der Waals surface area (Å²) in [5, 5.41) is 14.2. The van der Waals surface area contributed by atoms with E-state index in [2.05, 4.69) is 10.1 Å². The number of hydrogen-bond acceptors (Lipinski definition) is 4. The monoisotopic (exact) mass is 396 g/mol. The summed E-state index contributed by atoms with van der Waals surface area (Å²) < 4.78 is 1.47. The Morgan fingerprint density at radius 3 is 2.42 bits per heavy atom. The van der Waals surface area contributed by atoms with Crippen molar-refractivity contribution in [2.45, 2.75) is 38.6 Å². The van der Waals surface area contributed by atoms with Crippen molar-refractivity contribution in [2.24, 2.45) is 0 Å². The van der Waals surface area contributed by atoms with Gasteiger partial charge in [-0.2, -0.15) is 0 Å². The highest BCUT2D eigenvalue weighted by Crippen LogP contribution is 2.31. The van der Waals surface area contributed by atoms with Crippen molar-refractivity contribution >= 4 is 35.1 Å². The number of aromatic nitrogens is 3. The number of halogens is 2. The molecule has 3 rings (SSSR count). The van der Waals surface area contributed by atoms with E-state index in [1.54, 1.807) is 18.2 Å². The third kappa shape index (κ3) is 3.68. The normalized spacial score (nSPS) is 13.9. The van der Waals surface area contributed by atoms with Crippen LogP contribution in [0.5, 0.6) is 0 Å². The van der Waals surface area contributed by atoms with E-state index in [9.17, 15) is 9.59 Å². The second-order valence-electron chi connectivity index (χ2n) is 6.49. The summed E-state index contributed by atoms with van der Waals surface area (Å²) >= 11 is 12.6. The highest BCUT2D eigenvalue weighted by atomic mass is 35.5. The van der Waals surface area contributed by atoms with Gasteiger partial charge in [-0.1, -0.05) is 43.1 Å². The van der Waals surface area contributed by atoms with Crippen LogP contribution in [-0.4, -0.2) is 49.2 Å². The minimum atomic E-state index is -1.07. The maximum Gasteiger partial charge on any atom is 0.323 e. The van der Waals surface area contributed by atoms with Crippen LogP contribution in [0.4, 0.5) is 0 Å². The number of carboxylic acid groups (broad SMARTS) is 1. The second-order valence-corrected chi connectivity index (χ2v) is 7.30. The van der Waals surface area contributed by atoms with Gasteiger partial charge in [0, 0.05) is 12.0 Å². The van der Waals surface area contributed by atoms with Crippen LogP contribution < -0.4 is 0 Å². The summed E-state index contributed by atoms with van der Waals surface area (Å²) in [6.07, 6.45) is 1.57. The Balaban J connectivity index is 2.05. The number of carbonyl (C=O) groups is 2. The Hall–Kier alpha value is -2.12. The number of carboxylic acids is 1. The van der Waals surface area contributed by atoms with Crippen LogP contribution in [0.3, 0.4) is 0 Å². The van der Waals surface area contributed by atoms with E-state index in [0.717, 1.165) is 12.8 Å². The summed E-state index contributed by atoms with van der Waals surface area (Å²) in [5.74, 6) is -1.15. The molecule has 1 aliphatic carbocycles. The Morgan fingerprint density at radius 1 is 1.31 bits per heavy atom. The lowest BCUT2D eigenvalue weighted by Crippen LogP contribution is -2.38. The molecule has 0 bridgehead atoms. The van der Waals surface area contributed by atoms with Gasteiger partial charge in [-0.15, -0.1) is 5.10 Å². The van der Waals surface area contributed by atoms with Crippen molar-refractivity contribution in [3.05, 3.63) is 39.9 Å². The summed E-state index contributed by atoms with van der Waals surface area (Å²) in [7, 11) is 0. The fourth-order valence-electron chi connectivity index (χ4n) is 2.67. The second kappa shape index (κ2) is 7.25. The van der Waals surface area contributed by atoms with Crippen LogP contribution in [0.2, 0.25) is 10.0 Å². The topological polar surface area (TPSA) is 88.3 Å². The van der Waals surface area contributed by atoms with Gasteiger partial charge in [0.05, 0.1) is 10.0 Å². The molecule has 0 aliphatic heterocycles. The summed E-state index contributed by atoms with van der Waals surface area (Å²) in [6, 6.07) is 5.00. The summed E-state index contributed by atoms with van der Waals surface area (Å²) in [5.41, 5.74) is 0.447. The molecule has 1 aliphatic rings. The lowest BCUT2D eigenvalue weighted by molar-refractivity contribution is -0.137. The van der Waals surface area contributed by atoms with E-state index in [1.165, 1.54) is 9.58 Å². The maximum atomic E-state index is 12.8. The number of nitrogens with zero attached hydrogens (tertiary/aromatic N) is 4. The average molecular weight is 397 g/mol. The van der Waals surface area contributed by atoms with Gasteiger partial charge in [0.2, 0.25) is 5.82 Å². The standard InChI is InChI=1S/C17H18Cl2N4O3/c1-9(2)16-20-15(17(26)22(8-13(24)25)10-6-7-10)21-23(16)14-11(18)4-3-5-12(14)19/h3-5,9-10H,6-8H2,1-2H3,(H,24,25). The first kappa shape index (κ1) is 18.7. The molecule has 1 aromatic carbocycles. The zero-order chi connectivity index (χ0) is 19.0. The van der Waals surface area contributed by atoms with Gasteiger partial charge in [0.15, 0.2) is 0 Å². The Kier molecular flexibility index (Phi) is 5.20. The molecule has 1 amide bonds. The molecule has 0 radical (unpaired) electrons. The number of benzene rings is 1. The summed E-state index contributed by atoms with van der Waals surface area (Å²) in [6.45, 7) is 3.45. The highest BCUT2D eigenvalue weighted by Gasteiger charge is 2.36. The average Bonchev–Trinajstić information content (AvgIpc) is 3.30. The quantitative estimate of drug-likeness (QED) is 0.807. The molecule has 0 atom stereocenters. The first-order valence-electron chi connectivity index (χ1n) is 8.23. The molecular formula is C17H18Cl2N4O3. The third-order valence-electron chi connectivity index (χ3n) is 4.04. The third-order valence-corrected chi connectivity index (χ3v) is 4.65. The molecule has 0 spiro atoms. The highest BCUT2D eigenvalue weighted by molar-refractivity contribution is 6.37. The van der Waals surface area contributed by atoms with E-state index in [4.69, 9.17) is 28.3 Å². The minimum absolute atomic E-state index is 0.0507. The molecular weight excluding hydrogens is 379 g/mol. The Labute approximate surface area is 160 Å². The molecule has 2 aromatic rings. The number of rotatable bonds is 6. The fraction of sp³-hybridized carbons (Fsp3) is 0.412. The van der Waals surface area contributed by atoms with E-state index in [-0.39, 0.29) is 24.3 Å². The fourth-order valence-corrected chi connectivity index (χ4v) is 3.23. The summed E-state index contributed by atoms with van der Waals surface area (Å²) in [4.78, 5) is 29.6. The van der Waals surface area contributed by atoms with E-state index in [1.807, 2.05) is 13.8 Å². The van der Waals surface area contributed by atoms with Crippen LogP contribution in [0.15, 0.2) is 18.2 Å². The molecule has 7 nitrogen and oxygen atoms in total. The lowest BCUT2D eigenvalue weighted by atomic mass is 10.2. The molecule has 138 valence electrons. The number of para-hydroxylation sites is 1. The van der Waals surface area contributed by atoms with Crippen molar-refractivity contribution in [1.29, 1.82) is 0 Å². The SMILES string of the molecule is CC(C)c1nc(C(=O)N(CC(=O)O)C2CC2)nn1-c1c(Cl)cccc1Cl. The minimum Gasteiger partial charge on any atom is -0.480 e. The van der Waals surface area contributed by atoms with Crippen molar-refractivity contribution in [3.8, 4) is 5.69 Å². The first-order valence-corrected chi connectivity index (χ1v) is 8.99. The van der Waals surface area contributed by atoms with Gasteiger partial charge < -0.3 is 10.0 Å². The number of aliphatic carboxylic acids is 1. The molecule has 1 saturated carbocycles. The van der Waals surface area contributed by atoms with E-state index < -0.39 is 11.9 Å². The van der Waals surface area contributed by atoms with Crippen LogP contribution >= 0.6 is 23.2 Å². The Morgan fingerprint density at radius 2 is 1.92 bits per heavy atom. The zero-order valence-corrected chi connectivity index (χ0v) is 15.8. The van der Waals surface area contributed by atoms with Crippen molar-refractivity contribution < 1.29 is 14.7 Å². The number of hydrogen-bond donors (Lipinski definition) is 1. The first-order chi connectivity index (χ1) is 12.3. The van der Waals surface area contributed by atoms with Gasteiger partial charge in [-0.25, -0.2) is 9.67 Å². The molecule has 0 unspecified atom stereocenters. The molecule has 1 aromatic heterocycles. The molecule has 1 N–H and O–H groups in total. The van der Waals surface area contributed by atoms with E-state index >= 15 is 0 Å². The number of amides is 1.